The van der Waals surface area contributed by atoms with Crippen molar-refractivity contribution in [1.82, 2.24) is 5.32 Å². The van der Waals surface area contributed by atoms with Gasteiger partial charge in [0.1, 0.15) is 0 Å². The monoisotopic (exact) mass is 239 g/mol. The van der Waals surface area contributed by atoms with E-state index >= 15 is 0 Å². The predicted molar refractivity (Wildman–Crippen MR) is 72.1 cm³/mol. The molecule has 3 atom stereocenters. The van der Waals surface area contributed by atoms with Crippen LogP contribution in [0, 0.1) is 17.3 Å². The fourth-order valence-electron chi connectivity index (χ4n) is 3.33. The van der Waals surface area contributed by atoms with Gasteiger partial charge < -0.3 is 10.1 Å². The fraction of sp³-hybridized carbons (Fsp3) is 1.00. The molecule has 0 aromatic rings. The minimum Gasteiger partial charge on any atom is -0.385 e. The van der Waals surface area contributed by atoms with Crippen molar-refractivity contribution in [2.45, 2.75) is 58.4 Å². The number of nitrogens with one attached hydrogen (secondary N) is 1. The minimum atomic E-state index is 0.596. The van der Waals surface area contributed by atoms with E-state index in [9.17, 15) is 0 Å². The van der Waals surface area contributed by atoms with E-state index in [1.54, 1.807) is 0 Å². The first-order valence-electron chi connectivity index (χ1n) is 7.37. The highest BCUT2D eigenvalue weighted by Gasteiger charge is 2.42. The van der Waals surface area contributed by atoms with Gasteiger partial charge in [0.15, 0.2) is 0 Å². The second-order valence-corrected chi connectivity index (χ2v) is 6.63. The van der Waals surface area contributed by atoms with E-state index in [2.05, 4.69) is 19.2 Å². The van der Waals surface area contributed by atoms with Crippen LogP contribution in [0.5, 0.6) is 0 Å². The molecule has 2 rings (SSSR count). The molecule has 0 aliphatic heterocycles. The van der Waals surface area contributed by atoms with Gasteiger partial charge in [0.25, 0.3) is 0 Å². The molecular formula is C15H29NO. The summed E-state index contributed by atoms with van der Waals surface area (Å²) < 4.78 is 5.22. The van der Waals surface area contributed by atoms with Crippen LogP contribution in [-0.4, -0.2) is 26.3 Å². The van der Waals surface area contributed by atoms with Crippen molar-refractivity contribution >= 4 is 0 Å². The summed E-state index contributed by atoms with van der Waals surface area (Å²) >= 11 is 0. The molecule has 2 aliphatic rings. The highest BCUT2D eigenvalue weighted by Crippen LogP contribution is 2.48. The Bertz CT molecular complexity index is 237. The number of hydrogen-bond acceptors (Lipinski definition) is 2. The smallest absolute Gasteiger partial charge is 0.0468 e. The van der Waals surface area contributed by atoms with E-state index in [0.29, 0.717) is 5.41 Å². The Kier molecular flexibility index (Phi) is 4.48. The third-order valence-corrected chi connectivity index (χ3v) is 4.96. The summed E-state index contributed by atoms with van der Waals surface area (Å²) in [6.45, 7) is 6.97. The van der Waals surface area contributed by atoms with E-state index in [0.717, 1.165) is 24.5 Å². The number of rotatable bonds is 6. The lowest BCUT2D eigenvalue weighted by Gasteiger charge is -2.34. The Labute approximate surface area is 107 Å². The van der Waals surface area contributed by atoms with Gasteiger partial charge in [-0.15, -0.1) is 0 Å². The highest BCUT2D eigenvalue weighted by atomic mass is 16.5. The molecule has 1 N–H and O–H groups in total. The Morgan fingerprint density at radius 2 is 2.00 bits per heavy atom. The van der Waals surface area contributed by atoms with Crippen molar-refractivity contribution in [3.05, 3.63) is 0 Å². The Morgan fingerprint density at radius 1 is 1.24 bits per heavy atom. The second kappa shape index (κ2) is 5.71. The lowest BCUT2D eigenvalue weighted by Crippen LogP contribution is -2.41. The van der Waals surface area contributed by atoms with E-state index in [1.807, 2.05) is 7.11 Å². The quantitative estimate of drug-likeness (QED) is 0.768. The Hall–Kier alpha value is -0.0800. The summed E-state index contributed by atoms with van der Waals surface area (Å²) in [4.78, 5) is 0. The molecule has 3 unspecified atom stereocenters. The van der Waals surface area contributed by atoms with E-state index in [1.165, 1.54) is 45.1 Å². The van der Waals surface area contributed by atoms with Gasteiger partial charge >= 0.3 is 0 Å². The summed E-state index contributed by atoms with van der Waals surface area (Å²) in [7, 11) is 1.81. The summed E-state index contributed by atoms with van der Waals surface area (Å²) in [6.07, 6.45) is 8.24. The zero-order valence-corrected chi connectivity index (χ0v) is 11.8. The topological polar surface area (TPSA) is 21.3 Å². The van der Waals surface area contributed by atoms with Crippen LogP contribution in [-0.2, 0) is 4.74 Å². The standard InChI is InChI=1S/C15H29NO/c1-12-4-5-14(13(2)10-12)16-11-15(6-7-15)8-9-17-3/h12-14,16H,4-11H2,1-3H3. The summed E-state index contributed by atoms with van der Waals surface area (Å²) in [6, 6.07) is 0.770. The van der Waals surface area contributed by atoms with Crippen molar-refractivity contribution in [2.75, 3.05) is 20.3 Å². The van der Waals surface area contributed by atoms with Gasteiger partial charge in [-0.05, 0) is 55.8 Å². The van der Waals surface area contributed by atoms with Crippen molar-refractivity contribution in [2.24, 2.45) is 17.3 Å². The largest absolute Gasteiger partial charge is 0.385 e. The van der Waals surface area contributed by atoms with Crippen LogP contribution in [0.2, 0.25) is 0 Å². The van der Waals surface area contributed by atoms with Crippen molar-refractivity contribution in [3.63, 3.8) is 0 Å². The molecule has 0 aromatic carbocycles. The van der Waals surface area contributed by atoms with Gasteiger partial charge in [-0.1, -0.05) is 13.8 Å². The van der Waals surface area contributed by atoms with Gasteiger partial charge in [-0.25, -0.2) is 0 Å². The molecular weight excluding hydrogens is 210 g/mol. The molecule has 2 aliphatic carbocycles. The van der Waals surface area contributed by atoms with Crippen LogP contribution in [0.15, 0.2) is 0 Å². The maximum absolute atomic E-state index is 5.22. The van der Waals surface area contributed by atoms with Gasteiger partial charge in [-0.2, -0.15) is 0 Å². The number of ether oxygens (including phenoxy) is 1. The first-order valence-corrected chi connectivity index (χ1v) is 7.37. The molecule has 2 heteroatoms. The molecule has 17 heavy (non-hydrogen) atoms. The molecule has 0 spiro atoms. The van der Waals surface area contributed by atoms with Crippen molar-refractivity contribution in [1.29, 1.82) is 0 Å². The van der Waals surface area contributed by atoms with Crippen molar-refractivity contribution < 1.29 is 4.74 Å². The molecule has 2 fully saturated rings. The average Bonchev–Trinajstić information content (AvgIpc) is 3.06. The maximum Gasteiger partial charge on any atom is 0.0468 e. The lowest BCUT2D eigenvalue weighted by atomic mass is 9.79. The Morgan fingerprint density at radius 3 is 2.59 bits per heavy atom. The zero-order chi connectivity index (χ0) is 12.3. The third-order valence-electron chi connectivity index (χ3n) is 4.96. The van der Waals surface area contributed by atoms with Gasteiger partial charge in [0.2, 0.25) is 0 Å². The minimum absolute atomic E-state index is 0.596. The molecule has 2 nitrogen and oxygen atoms in total. The molecule has 0 amide bonds. The molecule has 0 saturated heterocycles. The molecule has 0 heterocycles. The van der Waals surface area contributed by atoms with Gasteiger partial charge in [0, 0.05) is 26.3 Å². The van der Waals surface area contributed by atoms with Crippen LogP contribution >= 0.6 is 0 Å². The van der Waals surface area contributed by atoms with Crippen molar-refractivity contribution in [3.8, 4) is 0 Å². The third kappa shape index (κ3) is 3.69. The first-order chi connectivity index (χ1) is 8.15. The van der Waals surface area contributed by atoms with Gasteiger partial charge in [0.05, 0.1) is 0 Å². The molecule has 2 saturated carbocycles. The summed E-state index contributed by atoms with van der Waals surface area (Å²) in [5, 5.41) is 3.85. The second-order valence-electron chi connectivity index (χ2n) is 6.63. The summed E-state index contributed by atoms with van der Waals surface area (Å²) in [5.41, 5.74) is 0.596. The summed E-state index contributed by atoms with van der Waals surface area (Å²) in [5.74, 6) is 1.79. The maximum atomic E-state index is 5.22. The molecule has 0 radical (unpaired) electrons. The molecule has 0 bridgehead atoms. The Balaban J connectivity index is 1.71. The first kappa shape index (κ1) is 13.4. The lowest BCUT2D eigenvalue weighted by molar-refractivity contribution is 0.163. The SMILES string of the molecule is COCCC1(CNC2CCC(C)CC2C)CC1. The van der Waals surface area contributed by atoms with Crippen LogP contribution in [0.25, 0.3) is 0 Å². The number of methoxy groups -OCH3 is 1. The molecule has 0 aromatic heterocycles. The van der Waals surface area contributed by atoms with Crippen LogP contribution in [0.3, 0.4) is 0 Å². The zero-order valence-electron chi connectivity index (χ0n) is 11.8. The normalized spacial score (nSPS) is 35.8. The molecule has 100 valence electrons. The average molecular weight is 239 g/mol. The van der Waals surface area contributed by atoms with Gasteiger partial charge in [-0.3, -0.25) is 0 Å². The predicted octanol–water partition coefficient (Wildman–Crippen LogP) is 3.22. The van der Waals surface area contributed by atoms with E-state index in [4.69, 9.17) is 4.74 Å². The van der Waals surface area contributed by atoms with Crippen LogP contribution < -0.4 is 5.32 Å². The fourth-order valence-corrected chi connectivity index (χ4v) is 3.33. The van der Waals surface area contributed by atoms with Crippen LogP contribution in [0.4, 0.5) is 0 Å². The van der Waals surface area contributed by atoms with Crippen LogP contribution in [0.1, 0.15) is 52.4 Å². The number of hydrogen-bond donors (Lipinski definition) is 1. The highest BCUT2D eigenvalue weighted by molar-refractivity contribution is 4.96. The van der Waals surface area contributed by atoms with E-state index in [-0.39, 0.29) is 0 Å². The van der Waals surface area contributed by atoms with E-state index < -0.39 is 0 Å².